The maximum Gasteiger partial charge on any atom is 0.340 e. The number of carboxylic acid groups (broad SMARTS) is 1. The predicted molar refractivity (Wildman–Crippen MR) is 382 cm³/mol. The highest BCUT2D eigenvalue weighted by molar-refractivity contribution is 6.28. The molecule has 3 saturated carbocycles. The van der Waals surface area contributed by atoms with Gasteiger partial charge in [0.15, 0.2) is 17.5 Å². The van der Waals surface area contributed by atoms with E-state index in [4.69, 9.17) is 36.7 Å². The lowest BCUT2D eigenvalue weighted by atomic mass is 10.0. The fraction of sp³-hybridized carbons (Fsp3) is 0.408. The van der Waals surface area contributed by atoms with Crippen molar-refractivity contribution in [3.8, 4) is 17.2 Å². The molecule has 6 aliphatic rings. The van der Waals surface area contributed by atoms with E-state index < -0.39 is 75.7 Å². The number of anilines is 11. The van der Waals surface area contributed by atoms with Gasteiger partial charge >= 0.3 is 17.9 Å². The van der Waals surface area contributed by atoms with E-state index in [1.54, 1.807) is 9.80 Å². The molecule has 6 aromatic rings. The van der Waals surface area contributed by atoms with Crippen LogP contribution < -0.4 is 60.0 Å². The van der Waals surface area contributed by atoms with Gasteiger partial charge in [0.1, 0.15) is 51.8 Å². The minimum absolute atomic E-state index is 0.00260. The number of rotatable bonds is 16. The number of aromatic carboxylic acids is 1. The SMILES string of the molecule is C=C[C@@]1(F)CN(C2CCCC2)c2nc(Cl)ncc2N(C)C1=O.C=C[C@@]1(F)CN(C2CCCC2)c2nc(Nc3cc(F)c(C(=O)O)cc3OC)ncc2N(C)C1=O.C=C[C@@]1(F)CN(C2CCCC2)c2nc(Nc3cc(F)c(C(=O)OC)cc3OC)ncc2N(C)C1=O.COC(=O)c1cc(OC)c(N)cc1F. The number of hydrogen-bond donors (Lipinski definition) is 4. The number of carbonyl (C=O) groups excluding carboxylic acids is 5. The first-order valence-electron chi connectivity index (χ1n) is 33.2. The lowest BCUT2D eigenvalue weighted by Crippen LogP contribution is -2.49. The molecule has 6 heterocycles. The van der Waals surface area contributed by atoms with Crippen LogP contribution in [0.1, 0.15) is 108 Å². The molecule has 560 valence electrons. The number of nitrogens with two attached hydrogens (primary N) is 1. The number of ether oxygens (including phenoxy) is 5. The van der Waals surface area contributed by atoms with Crippen molar-refractivity contribution in [1.29, 1.82) is 0 Å². The molecule has 3 aliphatic heterocycles. The summed E-state index contributed by atoms with van der Waals surface area (Å²) in [5, 5.41) is 15.0. The molecule has 3 aromatic carbocycles. The van der Waals surface area contributed by atoms with Crippen LogP contribution in [0.4, 0.5) is 89.8 Å². The summed E-state index contributed by atoms with van der Waals surface area (Å²) in [6, 6.07) is 6.69. The van der Waals surface area contributed by atoms with Crippen molar-refractivity contribution < 1.29 is 83.9 Å². The van der Waals surface area contributed by atoms with Gasteiger partial charge in [0.05, 0.1) is 108 Å². The third-order valence-electron chi connectivity index (χ3n) is 19.0. The molecule has 105 heavy (non-hydrogen) atoms. The van der Waals surface area contributed by atoms with Crippen LogP contribution >= 0.6 is 11.6 Å². The second-order valence-corrected chi connectivity index (χ2v) is 25.7. The Kier molecular flexibility index (Phi) is 24.4. The number of amides is 3. The van der Waals surface area contributed by atoms with Gasteiger partial charge in [-0.3, -0.25) is 14.4 Å². The molecule has 0 radical (unpaired) electrons. The maximum atomic E-state index is 15.7. The average molecular weight is 1480 g/mol. The number of alkyl halides is 3. The van der Waals surface area contributed by atoms with E-state index in [0.29, 0.717) is 34.5 Å². The van der Waals surface area contributed by atoms with Gasteiger partial charge in [0.2, 0.25) is 34.2 Å². The van der Waals surface area contributed by atoms with Gasteiger partial charge in [-0.2, -0.15) is 15.0 Å². The molecule has 3 fully saturated rings. The van der Waals surface area contributed by atoms with Crippen LogP contribution in [0.3, 0.4) is 0 Å². The summed E-state index contributed by atoms with van der Waals surface area (Å²) in [6.45, 7) is 10.1. The van der Waals surface area contributed by atoms with E-state index in [9.17, 15) is 41.9 Å². The van der Waals surface area contributed by atoms with Gasteiger partial charge in [0, 0.05) is 57.5 Å². The Morgan fingerprint density at radius 2 is 0.838 bits per heavy atom. The largest absolute Gasteiger partial charge is 0.495 e. The van der Waals surface area contributed by atoms with Gasteiger partial charge in [-0.15, -0.1) is 0 Å². The smallest absolute Gasteiger partial charge is 0.340 e. The van der Waals surface area contributed by atoms with E-state index >= 15 is 13.2 Å². The van der Waals surface area contributed by atoms with Crippen molar-refractivity contribution in [3.05, 3.63) is 132 Å². The number of fused-ring (bicyclic) bond motifs is 3. The first-order chi connectivity index (χ1) is 50.0. The molecule has 3 aliphatic carbocycles. The molecule has 0 saturated heterocycles. The molecule has 0 unspecified atom stereocenters. The molecule has 34 heteroatoms. The van der Waals surface area contributed by atoms with Crippen LogP contribution in [0.2, 0.25) is 5.28 Å². The number of nitrogens with one attached hydrogen (secondary N) is 2. The first kappa shape index (κ1) is 78.2. The zero-order valence-corrected chi connectivity index (χ0v) is 59.7. The summed E-state index contributed by atoms with van der Waals surface area (Å²) in [6.07, 6.45) is 18.8. The second kappa shape index (κ2) is 32.8. The highest BCUT2D eigenvalue weighted by atomic mass is 35.5. The topological polar surface area (TPSA) is 316 Å². The molecule has 12 rings (SSSR count). The van der Waals surface area contributed by atoms with Crippen LogP contribution in [-0.4, -0.2) is 182 Å². The van der Waals surface area contributed by atoms with E-state index in [1.807, 2.05) is 4.90 Å². The summed E-state index contributed by atoms with van der Waals surface area (Å²) in [5.41, 5.74) is -0.744. The van der Waals surface area contributed by atoms with Gasteiger partial charge in [-0.1, -0.05) is 58.3 Å². The Morgan fingerprint density at radius 1 is 0.524 bits per heavy atom. The number of carbonyl (C=O) groups is 6. The zero-order valence-electron chi connectivity index (χ0n) is 58.9. The van der Waals surface area contributed by atoms with E-state index in [-0.39, 0.29) is 100 Å². The Hall–Kier alpha value is -11.0. The number of esters is 2. The number of nitrogen functional groups attached to an aromatic ring is 1. The highest BCUT2D eigenvalue weighted by Crippen LogP contribution is 2.44. The lowest BCUT2D eigenvalue weighted by molar-refractivity contribution is -0.127. The zero-order chi connectivity index (χ0) is 76.6. The van der Waals surface area contributed by atoms with Gasteiger partial charge in [-0.25, -0.2) is 55.7 Å². The fourth-order valence-electron chi connectivity index (χ4n) is 13.2. The Labute approximate surface area is 606 Å². The minimum atomic E-state index is -2.30. The van der Waals surface area contributed by atoms with Gasteiger partial charge < -0.3 is 74.6 Å². The Bertz CT molecular complexity index is 4340. The Morgan fingerprint density at radius 3 is 1.17 bits per heavy atom. The van der Waals surface area contributed by atoms with Gasteiger partial charge in [-0.05, 0) is 86.6 Å². The van der Waals surface area contributed by atoms with Crippen LogP contribution in [-0.2, 0) is 23.9 Å². The van der Waals surface area contributed by atoms with Crippen LogP contribution in [0.25, 0.3) is 0 Å². The maximum absolute atomic E-state index is 15.7. The lowest BCUT2D eigenvalue weighted by Gasteiger charge is -2.32. The minimum Gasteiger partial charge on any atom is -0.495 e. The summed E-state index contributed by atoms with van der Waals surface area (Å²) < 4.78 is 113. The molecular formula is C71H80ClF6N15O12. The number of methoxy groups -OCH3 is 5. The summed E-state index contributed by atoms with van der Waals surface area (Å²) >= 11 is 5.92. The average Bonchev–Trinajstić information content (AvgIpc) is 1.64. The molecule has 3 aromatic heterocycles. The van der Waals surface area contributed by atoms with E-state index in [1.165, 1.54) is 95.0 Å². The van der Waals surface area contributed by atoms with Crippen LogP contribution in [0.5, 0.6) is 17.2 Å². The molecule has 27 nitrogen and oxygen atoms in total. The molecule has 0 spiro atoms. The van der Waals surface area contributed by atoms with Crippen molar-refractivity contribution in [2.45, 2.75) is 112 Å². The monoisotopic (exact) mass is 1480 g/mol. The van der Waals surface area contributed by atoms with E-state index in [0.717, 1.165) is 127 Å². The Balaban J connectivity index is 0.000000170. The molecule has 3 amide bonds. The summed E-state index contributed by atoms with van der Waals surface area (Å²) in [7, 11) is 10.8. The van der Waals surface area contributed by atoms with Crippen molar-refractivity contribution in [1.82, 2.24) is 29.9 Å². The number of benzene rings is 3. The quantitative estimate of drug-likeness (QED) is 0.0230. The number of aromatic nitrogens is 6. The predicted octanol–water partition coefficient (Wildman–Crippen LogP) is 11.4. The first-order valence-corrected chi connectivity index (χ1v) is 33.5. The molecule has 0 bridgehead atoms. The fourth-order valence-corrected chi connectivity index (χ4v) is 13.3. The van der Waals surface area contributed by atoms with Crippen molar-refractivity contribution in [2.75, 3.05) is 122 Å². The normalized spacial score (nSPS) is 20.2. The third kappa shape index (κ3) is 16.4. The number of halogens is 7. The van der Waals surface area contributed by atoms with Crippen molar-refractivity contribution >= 4 is 111 Å². The molecule has 3 atom stereocenters. The standard InChI is InChI=1S/C24H27F2N5O4.C23H25F2N5O4.C15H18ClFN4O.C9H10FNO3/c1-5-24(26)13-31(14-8-6-7-9-14)20-18(30(2)22(24)33)12-27-23(29-20)28-17-11-16(25)15(21(32)35-4)10-19(17)34-3;1-4-23(25)12-30(13-7-5-6-8-13)19-17(29(2)21(23)33)11-26-22(28-19)27-16-10-15(24)14(20(31)32)9-18(16)34-3;1-3-15(17)9-21(10-6-4-5-7-10)12-11(20(2)13(15)22)8-18-14(16)19-12;1-13-8-3-5(9(12)14-2)6(10)4-7(8)11/h5,10-12,14H,1,6-9,13H2,2-4H3,(H,27,28,29);4,9-11,13H,1,5-8,12H2,2-3H3,(H,31,32)(H,26,27,28);3,8,10H,1,4-7,9H2,2H3;3-4H,11H2,1-2H3/t24-;23-;15-;/m111./s1. The third-order valence-corrected chi connectivity index (χ3v) is 19.2. The van der Waals surface area contributed by atoms with Gasteiger partial charge in [0.25, 0.3) is 17.7 Å². The van der Waals surface area contributed by atoms with Crippen LogP contribution in [0.15, 0.2) is 93.0 Å². The number of hydrogen-bond acceptors (Lipinski definition) is 23. The molecular weight excluding hydrogens is 1400 g/mol. The number of nitrogens with zero attached hydrogens (tertiary/aromatic N) is 12. The summed E-state index contributed by atoms with van der Waals surface area (Å²) in [4.78, 5) is 107. The second-order valence-electron chi connectivity index (χ2n) is 25.3. The van der Waals surface area contributed by atoms with Crippen molar-refractivity contribution in [3.63, 3.8) is 0 Å². The molecule has 5 N–H and O–H groups in total. The van der Waals surface area contributed by atoms with E-state index in [2.05, 4.69) is 69.7 Å². The highest BCUT2D eigenvalue weighted by Gasteiger charge is 2.50. The van der Waals surface area contributed by atoms with Crippen molar-refractivity contribution in [2.24, 2.45) is 0 Å². The number of carboxylic acids is 1. The summed E-state index contributed by atoms with van der Waals surface area (Å²) in [5.74, 6) is -5.82. The van der Waals surface area contributed by atoms with Crippen LogP contribution in [0, 0.1) is 17.5 Å².